The molecule has 4 aromatic carbocycles. The third-order valence-electron chi connectivity index (χ3n) is 6.63. The van der Waals surface area contributed by atoms with E-state index in [1.54, 1.807) is 0 Å². The largest absolute Gasteiger partial charge is 0.494 e. The van der Waals surface area contributed by atoms with Gasteiger partial charge in [0.25, 0.3) is 5.91 Å². The molecule has 7 nitrogen and oxygen atoms in total. The van der Waals surface area contributed by atoms with Gasteiger partial charge in [-0.15, -0.1) is 0 Å². The molecule has 0 saturated carbocycles. The van der Waals surface area contributed by atoms with Gasteiger partial charge in [-0.1, -0.05) is 70.5 Å². The number of hydrogen-bond donors (Lipinski definition) is 3. The van der Waals surface area contributed by atoms with E-state index in [0.29, 0.717) is 37.6 Å². The second-order valence-corrected chi connectivity index (χ2v) is 10.4. The summed E-state index contributed by atoms with van der Waals surface area (Å²) in [5, 5.41) is 11.2. The number of aliphatic hydroxyl groups excluding tert-OH is 1. The van der Waals surface area contributed by atoms with Gasteiger partial charge in [0.2, 0.25) is 5.90 Å². The van der Waals surface area contributed by atoms with Gasteiger partial charge in [0.1, 0.15) is 12.4 Å². The molecule has 1 aliphatic rings. The molecule has 4 aromatic rings. The topological polar surface area (TPSA) is 92.2 Å². The van der Waals surface area contributed by atoms with Gasteiger partial charge in [0, 0.05) is 36.0 Å². The van der Waals surface area contributed by atoms with Crippen molar-refractivity contribution in [2.24, 2.45) is 4.99 Å². The predicted molar refractivity (Wildman–Crippen MR) is 156 cm³/mol. The van der Waals surface area contributed by atoms with Crippen LogP contribution < -0.4 is 15.6 Å². The second-order valence-electron chi connectivity index (χ2n) is 9.44. The summed E-state index contributed by atoms with van der Waals surface area (Å²) >= 11 is 3.48. The zero-order valence-electron chi connectivity index (χ0n) is 21.4. The summed E-state index contributed by atoms with van der Waals surface area (Å²) in [6.07, 6.45) is 0.952. The molecule has 200 valence electrons. The van der Waals surface area contributed by atoms with Crippen molar-refractivity contribution in [1.29, 1.82) is 0 Å². The predicted octanol–water partition coefficient (Wildman–Crippen LogP) is 4.94. The van der Waals surface area contributed by atoms with Crippen LogP contribution in [0.5, 0.6) is 5.75 Å². The number of amides is 1. The summed E-state index contributed by atoms with van der Waals surface area (Å²) in [5.41, 5.74) is 7.70. The zero-order chi connectivity index (χ0) is 27.1. The van der Waals surface area contributed by atoms with Crippen molar-refractivity contribution in [3.8, 4) is 5.75 Å². The number of nitrogens with one attached hydrogen (secondary N) is 2. The molecule has 1 heterocycles. The molecule has 8 heteroatoms. The number of fused-ring (bicyclic) bond motifs is 1. The first-order chi connectivity index (χ1) is 19.1. The van der Waals surface area contributed by atoms with Gasteiger partial charge >= 0.3 is 0 Å². The van der Waals surface area contributed by atoms with Crippen molar-refractivity contribution >= 4 is 38.5 Å². The van der Waals surface area contributed by atoms with E-state index in [0.717, 1.165) is 31.9 Å². The van der Waals surface area contributed by atoms with Crippen molar-refractivity contribution in [3.05, 3.63) is 112 Å². The lowest BCUT2D eigenvalue weighted by atomic mass is 9.91. The molecule has 0 fully saturated rings. The van der Waals surface area contributed by atoms with Crippen LogP contribution in [0.25, 0.3) is 10.8 Å². The minimum Gasteiger partial charge on any atom is -0.494 e. The minimum atomic E-state index is -1.13. The number of hydrazine groups is 1. The van der Waals surface area contributed by atoms with Gasteiger partial charge in [-0.05, 0) is 58.3 Å². The lowest BCUT2D eigenvalue weighted by Gasteiger charge is -2.23. The highest BCUT2D eigenvalue weighted by Gasteiger charge is 2.44. The van der Waals surface area contributed by atoms with E-state index in [4.69, 9.17) is 19.6 Å². The Bertz CT molecular complexity index is 1450. The van der Waals surface area contributed by atoms with Gasteiger partial charge in [-0.2, -0.15) is 0 Å². The van der Waals surface area contributed by atoms with Crippen molar-refractivity contribution < 1.29 is 19.4 Å². The van der Waals surface area contributed by atoms with E-state index in [9.17, 15) is 4.79 Å². The minimum absolute atomic E-state index is 0.0854. The first-order valence-corrected chi connectivity index (χ1v) is 13.7. The summed E-state index contributed by atoms with van der Waals surface area (Å²) in [7, 11) is 0. The Kier molecular flexibility index (Phi) is 8.56. The first kappa shape index (κ1) is 26.9. The zero-order valence-corrected chi connectivity index (χ0v) is 23.0. The van der Waals surface area contributed by atoms with Crippen LogP contribution in [0.3, 0.4) is 0 Å². The highest BCUT2D eigenvalue weighted by molar-refractivity contribution is 9.10. The third kappa shape index (κ3) is 6.47. The first-order valence-electron chi connectivity index (χ1n) is 12.9. The standard InChI is InChI=1S/C31H30BrN3O4/c32-26-13-9-22(10-14-26)19-31(21-39-29(34-31)24-11-15-27(16-12-24)38-18-4-17-36)30(37)35-33-20-25-7-3-6-23-5-1-2-8-28(23)25/h1-3,5-16,33,36H,4,17-21H2,(H,35,37)/t31-/m0/s1. The second kappa shape index (κ2) is 12.4. The van der Waals surface area contributed by atoms with Crippen LogP contribution in [0, 0.1) is 0 Å². The van der Waals surface area contributed by atoms with E-state index in [1.807, 2.05) is 72.8 Å². The van der Waals surface area contributed by atoms with E-state index in [1.165, 1.54) is 0 Å². The number of hydrogen-bond acceptors (Lipinski definition) is 6. The normalized spacial score (nSPS) is 16.5. The molecule has 39 heavy (non-hydrogen) atoms. The molecule has 1 atom stereocenters. The third-order valence-corrected chi connectivity index (χ3v) is 7.16. The quantitative estimate of drug-likeness (QED) is 0.171. The van der Waals surface area contributed by atoms with Crippen LogP contribution in [0.1, 0.15) is 23.1 Å². The highest BCUT2D eigenvalue weighted by Crippen LogP contribution is 2.28. The molecule has 5 rings (SSSR count). The molecule has 0 unspecified atom stereocenters. The van der Waals surface area contributed by atoms with Crippen molar-refractivity contribution in [3.63, 3.8) is 0 Å². The Hall–Kier alpha value is -3.72. The van der Waals surface area contributed by atoms with E-state index in [2.05, 4.69) is 45.0 Å². The maximum atomic E-state index is 13.7. The number of aliphatic hydroxyl groups is 1. The molecule has 0 radical (unpaired) electrons. The van der Waals surface area contributed by atoms with Gasteiger partial charge in [-0.25, -0.2) is 10.4 Å². The molecule has 0 saturated heterocycles. The lowest BCUT2D eigenvalue weighted by Crippen LogP contribution is -2.52. The Balaban J connectivity index is 1.34. The van der Waals surface area contributed by atoms with Crippen molar-refractivity contribution in [2.75, 3.05) is 19.8 Å². The van der Waals surface area contributed by atoms with Gasteiger partial charge in [0.15, 0.2) is 5.54 Å². The van der Waals surface area contributed by atoms with Crippen LogP contribution in [-0.2, 0) is 22.5 Å². The molecular weight excluding hydrogens is 558 g/mol. The van der Waals surface area contributed by atoms with Crippen LogP contribution in [0.2, 0.25) is 0 Å². The Morgan fingerprint density at radius 2 is 1.77 bits per heavy atom. The number of ether oxygens (including phenoxy) is 2. The van der Waals surface area contributed by atoms with Gasteiger partial charge in [-0.3, -0.25) is 10.2 Å². The van der Waals surface area contributed by atoms with Crippen LogP contribution in [0.15, 0.2) is 100 Å². The van der Waals surface area contributed by atoms with Crippen molar-refractivity contribution in [2.45, 2.75) is 24.9 Å². The number of halogens is 1. The SMILES string of the molecule is O=C(NNCc1cccc2ccccc12)[C@]1(Cc2ccc(Br)cc2)COC(c2ccc(OCCCO)cc2)=N1. The number of nitrogens with zero attached hydrogens (tertiary/aromatic N) is 1. The van der Waals surface area contributed by atoms with E-state index < -0.39 is 5.54 Å². The molecule has 3 N–H and O–H groups in total. The molecule has 0 spiro atoms. The van der Waals surface area contributed by atoms with Gasteiger partial charge in [0.05, 0.1) is 6.61 Å². The maximum absolute atomic E-state index is 13.7. The Labute approximate surface area is 236 Å². The number of aliphatic imine (C=N–C) groups is 1. The monoisotopic (exact) mass is 587 g/mol. The fourth-order valence-corrected chi connectivity index (χ4v) is 4.82. The molecular formula is C31H30BrN3O4. The molecule has 1 aliphatic heterocycles. The van der Waals surface area contributed by atoms with Crippen molar-refractivity contribution in [1.82, 2.24) is 10.9 Å². The van der Waals surface area contributed by atoms with Gasteiger partial charge < -0.3 is 14.6 Å². The highest BCUT2D eigenvalue weighted by atomic mass is 79.9. The smallest absolute Gasteiger partial charge is 0.266 e. The molecule has 0 aromatic heterocycles. The number of carbonyl (C=O) groups excluding carboxylic acids is 1. The average molecular weight is 589 g/mol. The Morgan fingerprint density at radius 1 is 1.00 bits per heavy atom. The fraction of sp³-hybridized carbons (Fsp3) is 0.226. The summed E-state index contributed by atoms with van der Waals surface area (Å²) < 4.78 is 12.6. The van der Waals surface area contributed by atoms with E-state index >= 15 is 0 Å². The van der Waals surface area contributed by atoms with Crippen LogP contribution >= 0.6 is 15.9 Å². The lowest BCUT2D eigenvalue weighted by molar-refractivity contribution is -0.127. The number of benzene rings is 4. The van der Waals surface area contributed by atoms with E-state index in [-0.39, 0.29) is 19.1 Å². The molecule has 0 aliphatic carbocycles. The van der Waals surface area contributed by atoms with Crippen LogP contribution in [0.4, 0.5) is 0 Å². The maximum Gasteiger partial charge on any atom is 0.266 e. The number of rotatable bonds is 11. The average Bonchev–Trinajstić information content (AvgIpc) is 3.40. The summed E-state index contributed by atoms with van der Waals surface area (Å²) in [4.78, 5) is 18.5. The fourth-order valence-electron chi connectivity index (χ4n) is 4.55. The summed E-state index contributed by atoms with van der Waals surface area (Å²) in [5.74, 6) is 0.852. The number of carbonyl (C=O) groups is 1. The summed E-state index contributed by atoms with van der Waals surface area (Å²) in [6, 6.07) is 29.6. The molecule has 0 bridgehead atoms. The molecule has 1 amide bonds. The van der Waals surface area contributed by atoms with Crippen LogP contribution in [-0.4, -0.2) is 42.3 Å². The Morgan fingerprint density at radius 3 is 2.56 bits per heavy atom. The summed E-state index contributed by atoms with van der Waals surface area (Å²) in [6.45, 7) is 1.11.